The second kappa shape index (κ2) is 7.78. The van der Waals surface area contributed by atoms with Gasteiger partial charge in [0, 0.05) is 26.7 Å². The van der Waals surface area contributed by atoms with Crippen LogP contribution in [0.25, 0.3) is 0 Å². The highest BCUT2D eigenvalue weighted by Gasteiger charge is 2.33. The van der Waals surface area contributed by atoms with Crippen molar-refractivity contribution < 1.29 is 4.74 Å². The average molecular weight is 270 g/mol. The van der Waals surface area contributed by atoms with Crippen LogP contribution in [0, 0.1) is 11.8 Å². The van der Waals surface area contributed by atoms with Crippen molar-refractivity contribution in [2.75, 3.05) is 26.8 Å². The SMILES string of the molecule is COCCN(Cc1ccccc1)C[C@@H]1C[C@H]1C.Cl. The van der Waals surface area contributed by atoms with Crippen LogP contribution in [0.3, 0.4) is 0 Å². The van der Waals surface area contributed by atoms with E-state index in [-0.39, 0.29) is 12.4 Å². The Morgan fingerprint density at radius 3 is 2.50 bits per heavy atom. The summed E-state index contributed by atoms with van der Waals surface area (Å²) in [6.07, 6.45) is 1.40. The molecule has 0 aliphatic heterocycles. The first-order valence-electron chi connectivity index (χ1n) is 6.55. The highest BCUT2D eigenvalue weighted by molar-refractivity contribution is 5.85. The molecule has 102 valence electrons. The van der Waals surface area contributed by atoms with Crippen LogP contribution in [0.1, 0.15) is 18.9 Å². The first-order valence-corrected chi connectivity index (χ1v) is 6.55. The van der Waals surface area contributed by atoms with Gasteiger partial charge in [-0.05, 0) is 23.8 Å². The Morgan fingerprint density at radius 1 is 1.28 bits per heavy atom. The van der Waals surface area contributed by atoms with Crippen LogP contribution >= 0.6 is 12.4 Å². The number of nitrogens with zero attached hydrogens (tertiary/aromatic N) is 1. The van der Waals surface area contributed by atoms with E-state index >= 15 is 0 Å². The molecule has 0 bridgehead atoms. The number of methoxy groups -OCH3 is 1. The molecule has 0 radical (unpaired) electrons. The predicted octanol–water partition coefficient (Wildman–Crippen LogP) is 3.21. The van der Waals surface area contributed by atoms with Gasteiger partial charge in [-0.2, -0.15) is 0 Å². The van der Waals surface area contributed by atoms with Gasteiger partial charge in [-0.1, -0.05) is 37.3 Å². The van der Waals surface area contributed by atoms with Crippen molar-refractivity contribution in [2.45, 2.75) is 19.9 Å². The Labute approximate surface area is 117 Å². The third-order valence-electron chi connectivity index (χ3n) is 3.63. The molecule has 18 heavy (non-hydrogen) atoms. The van der Waals surface area contributed by atoms with E-state index < -0.39 is 0 Å². The lowest BCUT2D eigenvalue weighted by molar-refractivity contribution is 0.140. The lowest BCUT2D eigenvalue weighted by atomic mass is 10.2. The highest BCUT2D eigenvalue weighted by Crippen LogP contribution is 2.38. The number of halogens is 1. The summed E-state index contributed by atoms with van der Waals surface area (Å²) in [7, 11) is 1.78. The van der Waals surface area contributed by atoms with Crippen LogP contribution in [-0.2, 0) is 11.3 Å². The van der Waals surface area contributed by atoms with Crippen molar-refractivity contribution in [1.82, 2.24) is 4.90 Å². The summed E-state index contributed by atoms with van der Waals surface area (Å²) in [6.45, 7) is 6.48. The van der Waals surface area contributed by atoms with Crippen molar-refractivity contribution in [2.24, 2.45) is 11.8 Å². The molecule has 0 amide bonds. The van der Waals surface area contributed by atoms with Crippen LogP contribution in [-0.4, -0.2) is 31.7 Å². The van der Waals surface area contributed by atoms with E-state index in [4.69, 9.17) is 4.74 Å². The van der Waals surface area contributed by atoms with Crippen molar-refractivity contribution in [3.63, 3.8) is 0 Å². The number of benzene rings is 1. The van der Waals surface area contributed by atoms with Gasteiger partial charge in [0.15, 0.2) is 0 Å². The fraction of sp³-hybridized carbons (Fsp3) is 0.600. The van der Waals surface area contributed by atoms with E-state index in [1.54, 1.807) is 7.11 Å². The third kappa shape index (κ3) is 4.97. The van der Waals surface area contributed by atoms with Gasteiger partial charge in [-0.25, -0.2) is 0 Å². The summed E-state index contributed by atoms with van der Waals surface area (Å²) in [5.41, 5.74) is 1.40. The Hall–Kier alpha value is -0.570. The normalized spacial score (nSPS) is 21.7. The van der Waals surface area contributed by atoms with Crippen molar-refractivity contribution in [3.05, 3.63) is 35.9 Å². The summed E-state index contributed by atoms with van der Waals surface area (Å²) in [5.74, 6) is 1.84. The zero-order valence-electron chi connectivity index (χ0n) is 11.3. The molecule has 2 nitrogen and oxygen atoms in total. The van der Waals surface area contributed by atoms with Crippen molar-refractivity contribution in [1.29, 1.82) is 0 Å². The molecular weight excluding hydrogens is 246 g/mol. The Bertz CT molecular complexity index is 331. The van der Waals surface area contributed by atoms with Gasteiger partial charge < -0.3 is 4.74 Å². The molecule has 1 saturated carbocycles. The first-order chi connectivity index (χ1) is 8.29. The van der Waals surface area contributed by atoms with Gasteiger partial charge in [0.2, 0.25) is 0 Å². The Kier molecular flexibility index (Phi) is 6.69. The third-order valence-corrected chi connectivity index (χ3v) is 3.63. The van der Waals surface area contributed by atoms with E-state index in [1.807, 2.05) is 0 Å². The monoisotopic (exact) mass is 269 g/mol. The molecule has 0 aromatic heterocycles. The number of rotatable bonds is 7. The fourth-order valence-electron chi connectivity index (χ4n) is 2.28. The second-order valence-corrected chi connectivity index (χ2v) is 5.19. The molecule has 1 aromatic rings. The van der Waals surface area contributed by atoms with Gasteiger partial charge in [0.05, 0.1) is 6.61 Å². The van der Waals surface area contributed by atoms with Gasteiger partial charge in [0.25, 0.3) is 0 Å². The second-order valence-electron chi connectivity index (χ2n) is 5.19. The minimum Gasteiger partial charge on any atom is -0.383 e. The van der Waals surface area contributed by atoms with E-state index in [1.165, 1.54) is 18.5 Å². The minimum atomic E-state index is 0. The highest BCUT2D eigenvalue weighted by atomic mass is 35.5. The molecule has 0 heterocycles. The molecule has 1 aliphatic rings. The van der Waals surface area contributed by atoms with Crippen molar-refractivity contribution >= 4 is 12.4 Å². The average Bonchev–Trinajstić information content (AvgIpc) is 3.03. The van der Waals surface area contributed by atoms with Crippen LogP contribution in [0.2, 0.25) is 0 Å². The van der Waals surface area contributed by atoms with E-state index in [0.29, 0.717) is 0 Å². The Balaban J connectivity index is 0.00000162. The number of hydrogen-bond acceptors (Lipinski definition) is 2. The molecule has 1 aromatic carbocycles. The zero-order chi connectivity index (χ0) is 12.1. The van der Waals surface area contributed by atoms with Gasteiger partial charge in [0.1, 0.15) is 0 Å². The largest absolute Gasteiger partial charge is 0.383 e. The summed E-state index contributed by atoms with van der Waals surface area (Å²) < 4.78 is 5.20. The zero-order valence-corrected chi connectivity index (χ0v) is 12.2. The quantitative estimate of drug-likeness (QED) is 0.754. The number of ether oxygens (including phenoxy) is 1. The molecule has 1 fully saturated rings. The molecule has 0 spiro atoms. The Morgan fingerprint density at radius 2 is 1.94 bits per heavy atom. The molecule has 0 N–H and O–H groups in total. The van der Waals surface area contributed by atoms with E-state index in [9.17, 15) is 0 Å². The summed E-state index contributed by atoms with van der Waals surface area (Å²) in [4.78, 5) is 2.52. The van der Waals surface area contributed by atoms with E-state index in [2.05, 4.69) is 42.2 Å². The summed E-state index contributed by atoms with van der Waals surface area (Å²) in [6, 6.07) is 10.7. The van der Waals surface area contributed by atoms with Crippen LogP contribution in [0.5, 0.6) is 0 Å². The van der Waals surface area contributed by atoms with Gasteiger partial charge in [-0.15, -0.1) is 12.4 Å². The van der Waals surface area contributed by atoms with Crippen LogP contribution < -0.4 is 0 Å². The summed E-state index contributed by atoms with van der Waals surface area (Å²) >= 11 is 0. The lowest BCUT2D eigenvalue weighted by Gasteiger charge is -2.22. The maximum atomic E-state index is 5.20. The van der Waals surface area contributed by atoms with Crippen LogP contribution in [0.4, 0.5) is 0 Å². The molecule has 0 unspecified atom stereocenters. The molecule has 0 saturated heterocycles. The number of hydrogen-bond donors (Lipinski definition) is 0. The molecular formula is C15H24ClNO. The molecule has 1 aliphatic carbocycles. The lowest BCUT2D eigenvalue weighted by Crippen LogP contribution is -2.29. The van der Waals surface area contributed by atoms with Gasteiger partial charge >= 0.3 is 0 Å². The smallest absolute Gasteiger partial charge is 0.0589 e. The standard InChI is InChI=1S/C15H23NO.ClH/c1-13-10-15(13)12-16(8-9-17-2)11-14-6-4-3-5-7-14;/h3-7,13,15H,8-12H2,1-2H3;1H/t13-,15+;/m1./s1. The summed E-state index contributed by atoms with van der Waals surface area (Å²) in [5, 5.41) is 0. The maximum absolute atomic E-state index is 5.20. The predicted molar refractivity (Wildman–Crippen MR) is 78.1 cm³/mol. The van der Waals surface area contributed by atoms with Crippen molar-refractivity contribution in [3.8, 4) is 0 Å². The molecule has 2 rings (SSSR count). The minimum absolute atomic E-state index is 0. The molecule has 3 heteroatoms. The van der Waals surface area contributed by atoms with Crippen LogP contribution in [0.15, 0.2) is 30.3 Å². The fourth-order valence-corrected chi connectivity index (χ4v) is 2.28. The van der Waals surface area contributed by atoms with E-state index in [0.717, 1.165) is 31.5 Å². The molecule has 2 atom stereocenters. The first kappa shape index (κ1) is 15.5. The maximum Gasteiger partial charge on any atom is 0.0589 e. The topological polar surface area (TPSA) is 12.5 Å². The van der Waals surface area contributed by atoms with Gasteiger partial charge in [-0.3, -0.25) is 4.90 Å².